The number of methoxy groups -OCH3 is 1. The quantitative estimate of drug-likeness (QED) is 0.714. The van der Waals surface area contributed by atoms with Crippen molar-refractivity contribution in [2.24, 2.45) is 0 Å². The SMILES string of the molecule is COc1ccc([C@@H]2Cn3nnc(-c4nc(C(C)(C)C)no4)c3CO2)cc1. The highest BCUT2D eigenvalue weighted by Crippen LogP contribution is 2.31. The molecule has 0 fully saturated rings. The Bertz CT molecular complexity index is 908. The second-order valence-electron chi connectivity index (χ2n) is 7.31. The molecule has 4 rings (SSSR count). The minimum Gasteiger partial charge on any atom is -0.497 e. The molecule has 3 aromatic rings. The molecule has 0 amide bonds. The molecule has 1 aromatic carbocycles. The number of aromatic nitrogens is 5. The third-order valence-corrected chi connectivity index (χ3v) is 4.38. The first kappa shape index (κ1) is 16.7. The summed E-state index contributed by atoms with van der Waals surface area (Å²) in [4.78, 5) is 4.47. The first-order valence-corrected chi connectivity index (χ1v) is 8.48. The van der Waals surface area contributed by atoms with Gasteiger partial charge in [0.05, 0.1) is 26.0 Å². The van der Waals surface area contributed by atoms with E-state index in [2.05, 4.69) is 20.5 Å². The Labute approximate surface area is 151 Å². The van der Waals surface area contributed by atoms with Crippen LogP contribution in [0.1, 0.15) is 44.0 Å². The third-order valence-electron chi connectivity index (χ3n) is 4.38. The molecule has 26 heavy (non-hydrogen) atoms. The van der Waals surface area contributed by atoms with Crippen molar-refractivity contribution in [3.8, 4) is 17.3 Å². The lowest BCUT2D eigenvalue weighted by Crippen LogP contribution is -2.22. The summed E-state index contributed by atoms with van der Waals surface area (Å²) in [7, 11) is 1.65. The number of hydrogen-bond acceptors (Lipinski definition) is 7. The Hall–Kier alpha value is -2.74. The lowest BCUT2D eigenvalue weighted by atomic mass is 9.96. The van der Waals surface area contributed by atoms with Crippen molar-refractivity contribution in [2.45, 2.75) is 45.4 Å². The Morgan fingerprint density at radius 3 is 2.62 bits per heavy atom. The molecule has 1 atom stereocenters. The minimum atomic E-state index is -0.190. The average Bonchev–Trinajstić information content (AvgIpc) is 3.27. The molecule has 0 spiro atoms. The largest absolute Gasteiger partial charge is 0.497 e. The van der Waals surface area contributed by atoms with Crippen LogP contribution in [0.4, 0.5) is 0 Å². The maximum absolute atomic E-state index is 6.03. The summed E-state index contributed by atoms with van der Waals surface area (Å²) in [6.45, 7) is 7.06. The van der Waals surface area contributed by atoms with Crippen LogP contribution in [0.25, 0.3) is 11.6 Å². The van der Waals surface area contributed by atoms with Gasteiger partial charge in [-0.2, -0.15) is 4.98 Å². The van der Waals surface area contributed by atoms with Gasteiger partial charge in [-0.1, -0.05) is 43.3 Å². The van der Waals surface area contributed by atoms with Gasteiger partial charge >= 0.3 is 0 Å². The topological polar surface area (TPSA) is 88.1 Å². The fourth-order valence-corrected chi connectivity index (χ4v) is 2.82. The molecule has 3 heterocycles. The maximum Gasteiger partial charge on any atom is 0.280 e. The molecule has 1 aliphatic rings. The third kappa shape index (κ3) is 2.96. The number of nitrogens with zero attached hydrogens (tertiary/aromatic N) is 5. The van der Waals surface area contributed by atoms with Crippen LogP contribution in [0, 0.1) is 0 Å². The zero-order valence-electron chi connectivity index (χ0n) is 15.3. The molecule has 8 nitrogen and oxygen atoms in total. The molecule has 0 saturated carbocycles. The monoisotopic (exact) mass is 355 g/mol. The van der Waals surface area contributed by atoms with E-state index < -0.39 is 0 Å². The molecular formula is C18H21N5O3. The molecule has 0 aliphatic carbocycles. The molecule has 0 saturated heterocycles. The fraction of sp³-hybridized carbons (Fsp3) is 0.444. The standard InChI is InChI=1S/C18H21N5O3/c1-18(2,3)17-19-16(26-21-17)15-13-10-25-14(9-23(13)22-20-15)11-5-7-12(24-4)8-6-11/h5-8,14H,9-10H2,1-4H3/t14-/m0/s1. The van der Waals surface area contributed by atoms with E-state index in [4.69, 9.17) is 14.0 Å². The van der Waals surface area contributed by atoms with Crippen LogP contribution in [-0.2, 0) is 23.3 Å². The van der Waals surface area contributed by atoms with E-state index in [-0.39, 0.29) is 11.5 Å². The van der Waals surface area contributed by atoms with Crippen LogP contribution in [0.3, 0.4) is 0 Å². The van der Waals surface area contributed by atoms with Gasteiger partial charge in [0, 0.05) is 5.41 Å². The van der Waals surface area contributed by atoms with E-state index in [1.54, 1.807) is 7.11 Å². The van der Waals surface area contributed by atoms with Crippen LogP contribution in [0.5, 0.6) is 5.75 Å². The van der Waals surface area contributed by atoms with Crippen LogP contribution in [0.2, 0.25) is 0 Å². The number of ether oxygens (including phenoxy) is 2. The number of benzene rings is 1. The summed E-state index contributed by atoms with van der Waals surface area (Å²) in [5.41, 5.74) is 2.31. The van der Waals surface area contributed by atoms with Crippen molar-refractivity contribution in [3.63, 3.8) is 0 Å². The van der Waals surface area contributed by atoms with Crippen LogP contribution >= 0.6 is 0 Å². The Morgan fingerprint density at radius 1 is 1.19 bits per heavy atom. The summed E-state index contributed by atoms with van der Waals surface area (Å²) in [5.74, 6) is 1.84. The smallest absolute Gasteiger partial charge is 0.280 e. The summed E-state index contributed by atoms with van der Waals surface area (Å²) >= 11 is 0. The molecule has 0 N–H and O–H groups in total. The predicted octanol–water partition coefficient (Wildman–Crippen LogP) is 2.91. The molecule has 136 valence electrons. The number of rotatable bonds is 3. The summed E-state index contributed by atoms with van der Waals surface area (Å²) in [6, 6.07) is 7.85. The summed E-state index contributed by atoms with van der Waals surface area (Å²) < 4.78 is 18.5. The van der Waals surface area contributed by atoms with E-state index >= 15 is 0 Å². The molecular weight excluding hydrogens is 334 g/mol. The van der Waals surface area contributed by atoms with E-state index in [1.807, 2.05) is 49.7 Å². The molecule has 1 aliphatic heterocycles. The van der Waals surface area contributed by atoms with Gasteiger partial charge in [-0.15, -0.1) is 5.10 Å². The molecule has 0 unspecified atom stereocenters. The highest BCUT2D eigenvalue weighted by molar-refractivity contribution is 5.50. The lowest BCUT2D eigenvalue weighted by molar-refractivity contribution is -0.00119. The van der Waals surface area contributed by atoms with E-state index in [9.17, 15) is 0 Å². The molecule has 2 aromatic heterocycles. The molecule has 0 bridgehead atoms. The average molecular weight is 355 g/mol. The lowest BCUT2D eigenvalue weighted by Gasteiger charge is -2.24. The van der Waals surface area contributed by atoms with Gasteiger partial charge in [-0.3, -0.25) is 0 Å². The molecule has 0 radical (unpaired) electrons. The van der Waals surface area contributed by atoms with Gasteiger partial charge in [0.25, 0.3) is 5.89 Å². The van der Waals surface area contributed by atoms with Crippen LogP contribution in [-0.4, -0.2) is 32.2 Å². The number of fused-ring (bicyclic) bond motifs is 1. The normalized spacial score (nSPS) is 17.2. The zero-order valence-corrected chi connectivity index (χ0v) is 15.3. The maximum atomic E-state index is 6.03. The summed E-state index contributed by atoms with van der Waals surface area (Å²) in [5, 5.41) is 12.5. The van der Waals surface area contributed by atoms with E-state index in [0.29, 0.717) is 30.6 Å². The first-order chi connectivity index (χ1) is 12.5. The number of hydrogen-bond donors (Lipinski definition) is 0. The van der Waals surface area contributed by atoms with Crippen molar-refractivity contribution in [3.05, 3.63) is 41.3 Å². The van der Waals surface area contributed by atoms with E-state index in [0.717, 1.165) is 17.0 Å². The van der Waals surface area contributed by atoms with Gasteiger partial charge in [0.2, 0.25) is 0 Å². The van der Waals surface area contributed by atoms with Crippen molar-refractivity contribution in [1.29, 1.82) is 0 Å². The predicted molar refractivity (Wildman–Crippen MR) is 92.5 cm³/mol. The van der Waals surface area contributed by atoms with Crippen molar-refractivity contribution in [1.82, 2.24) is 25.1 Å². The minimum absolute atomic E-state index is 0.0872. The van der Waals surface area contributed by atoms with Gasteiger partial charge in [0.15, 0.2) is 11.5 Å². The van der Waals surface area contributed by atoms with Crippen LogP contribution in [0.15, 0.2) is 28.8 Å². The van der Waals surface area contributed by atoms with Crippen molar-refractivity contribution in [2.75, 3.05) is 7.11 Å². The van der Waals surface area contributed by atoms with Crippen molar-refractivity contribution < 1.29 is 14.0 Å². The van der Waals surface area contributed by atoms with Crippen LogP contribution < -0.4 is 4.74 Å². The fourth-order valence-electron chi connectivity index (χ4n) is 2.82. The molecule has 8 heteroatoms. The van der Waals surface area contributed by atoms with Gasteiger partial charge in [-0.25, -0.2) is 4.68 Å². The highest BCUT2D eigenvalue weighted by Gasteiger charge is 2.29. The van der Waals surface area contributed by atoms with Gasteiger partial charge < -0.3 is 14.0 Å². The first-order valence-electron chi connectivity index (χ1n) is 8.48. The zero-order chi connectivity index (χ0) is 18.3. The van der Waals surface area contributed by atoms with Gasteiger partial charge in [-0.05, 0) is 17.7 Å². The second-order valence-corrected chi connectivity index (χ2v) is 7.31. The summed E-state index contributed by atoms with van der Waals surface area (Å²) in [6.07, 6.45) is -0.0872. The second kappa shape index (κ2) is 6.21. The van der Waals surface area contributed by atoms with E-state index in [1.165, 1.54) is 0 Å². The Morgan fingerprint density at radius 2 is 1.96 bits per heavy atom. The van der Waals surface area contributed by atoms with Gasteiger partial charge in [0.1, 0.15) is 11.9 Å². The Kier molecular flexibility index (Phi) is 3.99. The van der Waals surface area contributed by atoms with Crippen molar-refractivity contribution >= 4 is 0 Å². The highest BCUT2D eigenvalue weighted by atomic mass is 16.5. The Balaban J connectivity index is 1.57.